The van der Waals surface area contributed by atoms with Gasteiger partial charge in [-0.15, -0.1) is 13.2 Å². The lowest BCUT2D eigenvalue weighted by Crippen LogP contribution is -2.18. The molecule has 196 valence electrons. The van der Waals surface area contributed by atoms with E-state index < -0.39 is 6.36 Å². The molecule has 0 radical (unpaired) electrons. The van der Waals surface area contributed by atoms with Gasteiger partial charge in [0.05, 0.1) is 0 Å². The van der Waals surface area contributed by atoms with Gasteiger partial charge in [0, 0.05) is 36.4 Å². The highest BCUT2D eigenvalue weighted by Crippen LogP contribution is 2.35. The van der Waals surface area contributed by atoms with Crippen molar-refractivity contribution in [3.05, 3.63) is 107 Å². The zero-order chi connectivity index (χ0) is 26.5. The van der Waals surface area contributed by atoms with Crippen molar-refractivity contribution >= 4 is 5.78 Å². The first-order valence-corrected chi connectivity index (χ1v) is 12.2. The number of benzene rings is 3. The van der Waals surface area contributed by atoms with Gasteiger partial charge >= 0.3 is 6.36 Å². The van der Waals surface area contributed by atoms with Gasteiger partial charge in [0.2, 0.25) is 0 Å². The van der Waals surface area contributed by atoms with E-state index in [9.17, 15) is 18.0 Å². The predicted octanol–water partition coefficient (Wildman–Crippen LogP) is 6.77. The molecule has 1 atom stereocenters. The minimum atomic E-state index is -4.77. The summed E-state index contributed by atoms with van der Waals surface area (Å²) in [5, 5.41) is 0. The summed E-state index contributed by atoms with van der Waals surface area (Å²) in [5.74, 6) is 1.45. The van der Waals surface area contributed by atoms with Crippen LogP contribution in [0.5, 0.6) is 17.2 Å². The summed E-state index contributed by atoms with van der Waals surface area (Å²) in [5.41, 5.74) is 3.23. The molecule has 1 aromatic heterocycles. The van der Waals surface area contributed by atoms with Crippen LogP contribution >= 0.6 is 0 Å². The number of ketones is 1. The highest BCUT2D eigenvalue weighted by molar-refractivity contribution is 5.99. The maximum absolute atomic E-state index is 12.6. The number of aromatic nitrogens is 2. The predicted molar refractivity (Wildman–Crippen MR) is 133 cm³/mol. The number of alkyl halides is 3. The molecule has 1 N–H and O–H groups in total. The maximum Gasteiger partial charge on any atom is 0.573 e. The van der Waals surface area contributed by atoms with Crippen molar-refractivity contribution in [1.29, 1.82) is 0 Å². The number of carbonyl (C=O) groups excluding carboxylic acids is 1. The second kappa shape index (κ2) is 11.0. The van der Waals surface area contributed by atoms with Gasteiger partial charge in [-0.3, -0.25) is 4.79 Å². The Labute approximate surface area is 217 Å². The molecule has 0 spiro atoms. The summed E-state index contributed by atoms with van der Waals surface area (Å²) in [7, 11) is 0. The third kappa shape index (κ3) is 6.16. The molecule has 0 fully saturated rings. The van der Waals surface area contributed by atoms with Gasteiger partial charge in [-0.05, 0) is 60.4 Å². The zero-order valence-electron chi connectivity index (χ0n) is 20.3. The number of fused-ring (bicyclic) bond motifs is 1. The molecule has 1 heterocycles. The first-order valence-electron chi connectivity index (χ1n) is 12.2. The summed E-state index contributed by atoms with van der Waals surface area (Å²) < 4.78 is 53.9. The standard InChI is InChI=1S/C29H25F3N2O4/c30-29(31,32)38-21-11-9-20(10-12-21)36-18-24-22-7-4-8-25(35)23(22)13-14-26(24)37-27(17-28-33-15-16-34-28)19-5-2-1-3-6-19/h1-3,5-6,9-16,27H,4,7-8,17-18H2,(H,33,34). The summed E-state index contributed by atoms with van der Waals surface area (Å²) in [6.45, 7) is 0.0769. The lowest BCUT2D eigenvalue weighted by atomic mass is 9.87. The van der Waals surface area contributed by atoms with E-state index in [0.717, 1.165) is 28.9 Å². The zero-order valence-corrected chi connectivity index (χ0v) is 20.3. The van der Waals surface area contributed by atoms with Crippen molar-refractivity contribution in [3.8, 4) is 17.2 Å². The van der Waals surface area contributed by atoms with Crippen LogP contribution in [0.15, 0.2) is 79.1 Å². The first kappa shape index (κ1) is 25.4. The molecular formula is C29H25F3N2O4. The van der Waals surface area contributed by atoms with E-state index >= 15 is 0 Å². The van der Waals surface area contributed by atoms with E-state index in [1.165, 1.54) is 24.3 Å². The van der Waals surface area contributed by atoms with Crippen molar-refractivity contribution in [2.75, 3.05) is 0 Å². The van der Waals surface area contributed by atoms with E-state index in [0.29, 0.717) is 36.3 Å². The summed E-state index contributed by atoms with van der Waals surface area (Å²) in [4.78, 5) is 20.1. The molecule has 38 heavy (non-hydrogen) atoms. The Kier molecular flexibility index (Phi) is 7.35. The summed E-state index contributed by atoms with van der Waals surface area (Å²) >= 11 is 0. The molecule has 3 aromatic carbocycles. The van der Waals surface area contributed by atoms with Gasteiger partial charge in [0.1, 0.15) is 35.8 Å². The molecule has 6 nitrogen and oxygen atoms in total. The van der Waals surface area contributed by atoms with Gasteiger partial charge in [-0.1, -0.05) is 30.3 Å². The molecule has 0 amide bonds. The van der Waals surface area contributed by atoms with Crippen molar-refractivity contribution in [1.82, 2.24) is 9.97 Å². The largest absolute Gasteiger partial charge is 0.573 e. The van der Waals surface area contributed by atoms with Crippen LogP contribution in [-0.4, -0.2) is 22.1 Å². The topological polar surface area (TPSA) is 73.4 Å². The molecule has 1 aliphatic rings. The number of aromatic amines is 1. The normalized spacial score (nSPS) is 14.0. The lowest BCUT2D eigenvalue weighted by Gasteiger charge is -2.25. The second-order valence-electron chi connectivity index (χ2n) is 8.91. The van der Waals surface area contributed by atoms with Gasteiger partial charge in [-0.2, -0.15) is 0 Å². The number of carbonyl (C=O) groups is 1. The highest BCUT2D eigenvalue weighted by Gasteiger charge is 2.31. The van der Waals surface area contributed by atoms with Crippen molar-refractivity contribution in [3.63, 3.8) is 0 Å². The van der Waals surface area contributed by atoms with E-state index in [2.05, 4.69) is 14.7 Å². The van der Waals surface area contributed by atoms with Gasteiger partial charge in [0.25, 0.3) is 0 Å². The molecule has 0 saturated heterocycles. The van der Waals surface area contributed by atoms with Crippen molar-refractivity contribution in [2.24, 2.45) is 0 Å². The number of nitrogens with one attached hydrogen (secondary N) is 1. The van der Waals surface area contributed by atoms with Crippen LogP contribution in [0.25, 0.3) is 0 Å². The highest BCUT2D eigenvalue weighted by atomic mass is 19.4. The third-order valence-corrected chi connectivity index (χ3v) is 6.33. The molecule has 1 aliphatic carbocycles. The summed E-state index contributed by atoms with van der Waals surface area (Å²) in [6.07, 6.45) is 0.710. The Bertz CT molecular complexity index is 1370. The van der Waals surface area contributed by atoms with Crippen molar-refractivity contribution < 1.29 is 32.2 Å². The van der Waals surface area contributed by atoms with Crippen LogP contribution < -0.4 is 14.2 Å². The minimum absolute atomic E-state index is 0.0721. The fraction of sp³-hybridized carbons (Fsp3) is 0.241. The number of halogens is 3. The second-order valence-corrected chi connectivity index (χ2v) is 8.91. The van der Waals surface area contributed by atoms with Gasteiger partial charge in [0.15, 0.2) is 5.78 Å². The minimum Gasteiger partial charge on any atom is -0.489 e. The van der Waals surface area contributed by atoms with Crippen LogP contribution in [0.3, 0.4) is 0 Å². The van der Waals surface area contributed by atoms with E-state index in [1.54, 1.807) is 24.5 Å². The van der Waals surface area contributed by atoms with Gasteiger partial charge in [-0.25, -0.2) is 4.98 Å². The number of hydrogen-bond donors (Lipinski definition) is 1. The van der Waals surface area contributed by atoms with Gasteiger partial charge < -0.3 is 19.2 Å². The van der Waals surface area contributed by atoms with E-state index in [1.807, 2.05) is 30.3 Å². The Hall–Kier alpha value is -4.27. The third-order valence-electron chi connectivity index (χ3n) is 6.33. The first-order chi connectivity index (χ1) is 18.4. The fourth-order valence-corrected chi connectivity index (χ4v) is 4.57. The number of nitrogens with zero attached hydrogens (tertiary/aromatic N) is 1. The number of rotatable bonds is 9. The number of hydrogen-bond acceptors (Lipinski definition) is 5. The molecule has 0 saturated carbocycles. The molecular weight excluding hydrogens is 497 g/mol. The Morgan fingerprint density at radius 1 is 0.947 bits per heavy atom. The Morgan fingerprint density at radius 3 is 2.42 bits per heavy atom. The molecule has 1 unspecified atom stereocenters. The molecule has 4 aromatic rings. The number of imidazole rings is 1. The van der Waals surface area contributed by atoms with Crippen LogP contribution in [0.2, 0.25) is 0 Å². The molecule has 0 aliphatic heterocycles. The van der Waals surface area contributed by atoms with Crippen LogP contribution in [-0.2, 0) is 19.4 Å². The lowest BCUT2D eigenvalue weighted by molar-refractivity contribution is -0.274. The monoisotopic (exact) mass is 522 g/mol. The van der Waals surface area contributed by atoms with Crippen LogP contribution in [0.1, 0.15) is 51.8 Å². The Balaban J connectivity index is 1.43. The van der Waals surface area contributed by atoms with Crippen molar-refractivity contribution in [2.45, 2.75) is 44.8 Å². The Morgan fingerprint density at radius 2 is 1.71 bits per heavy atom. The van der Waals surface area contributed by atoms with E-state index in [-0.39, 0.29) is 24.2 Å². The fourth-order valence-electron chi connectivity index (χ4n) is 4.57. The maximum atomic E-state index is 12.6. The molecule has 0 bridgehead atoms. The number of H-pyrrole nitrogens is 1. The van der Waals surface area contributed by atoms with Crippen LogP contribution in [0, 0.1) is 0 Å². The molecule has 5 rings (SSSR count). The average molecular weight is 523 g/mol. The summed E-state index contributed by atoms with van der Waals surface area (Å²) in [6, 6.07) is 18.6. The molecule has 9 heteroatoms. The van der Waals surface area contributed by atoms with Crippen LogP contribution in [0.4, 0.5) is 13.2 Å². The number of ether oxygens (including phenoxy) is 3. The quantitative estimate of drug-likeness (QED) is 0.263. The van der Waals surface area contributed by atoms with E-state index in [4.69, 9.17) is 9.47 Å². The smallest absolute Gasteiger partial charge is 0.489 e. The average Bonchev–Trinajstić information content (AvgIpc) is 3.41. The SMILES string of the molecule is O=C1CCCc2c1ccc(OC(Cc1ncc[nH]1)c1ccccc1)c2COc1ccc(OC(F)(F)F)cc1. The number of Topliss-reactive ketones (excluding diaryl/α,β-unsaturated/α-hetero) is 1.